The molecular weight excluding hydrogens is 234 g/mol. The fourth-order valence-electron chi connectivity index (χ4n) is 2.44. The number of hydrogen-bond donors (Lipinski definition) is 1. The molecule has 0 unspecified atom stereocenters. The van der Waals surface area contributed by atoms with Crippen LogP contribution >= 0.6 is 0 Å². The van der Waals surface area contributed by atoms with E-state index in [0.29, 0.717) is 0 Å². The van der Waals surface area contributed by atoms with Crippen molar-refractivity contribution in [2.75, 3.05) is 6.54 Å². The molecule has 0 bridgehead atoms. The van der Waals surface area contributed by atoms with Crippen LogP contribution in [0.2, 0.25) is 0 Å². The molecule has 2 aromatic rings. The van der Waals surface area contributed by atoms with Gasteiger partial charge in [-0.15, -0.1) is 0 Å². The lowest BCUT2D eigenvalue weighted by atomic mass is 9.93. The topological polar surface area (TPSA) is 25.2 Å². The lowest BCUT2D eigenvalue weighted by molar-refractivity contribution is 0.498. The predicted molar refractivity (Wildman–Crippen MR) is 80.5 cm³/mol. The van der Waals surface area contributed by atoms with Crippen molar-refractivity contribution in [3.8, 4) is 11.3 Å². The van der Waals surface area contributed by atoms with Gasteiger partial charge in [-0.1, -0.05) is 13.0 Å². The van der Waals surface area contributed by atoms with Gasteiger partial charge in [0.05, 0.1) is 6.54 Å². The van der Waals surface area contributed by atoms with Crippen LogP contribution < -0.4 is 5.32 Å². The molecule has 0 spiro atoms. The molecule has 0 saturated heterocycles. The van der Waals surface area contributed by atoms with E-state index in [4.69, 9.17) is 4.42 Å². The second-order valence-corrected chi connectivity index (χ2v) is 5.18. The second kappa shape index (κ2) is 5.62. The fraction of sp³-hybridized carbons (Fsp3) is 0.412. The summed E-state index contributed by atoms with van der Waals surface area (Å²) in [5.74, 6) is 1.98. The molecule has 1 heterocycles. The summed E-state index contributed by atoms with van der Waals surface area (Å²) < 4.78 is 5.98. The van der Waals surface area contributed by atoms with E-state index in [9.17, 15) is 0 Å². The van der Waals surface area contributed by atoms with Gasteiger partial charge in [-0.2, -0.15) is 0 Å². The van der Waals surface area contributed by atoms with E-state index >= 15 is 0 Å². The van der Waals surface area contributed by atoms with Crippen molar-refractivity contribution in [1.29, 1.82) is 0 Å². The molecule has 1 aromatic heterocycles. The first-order valence-corrected chi connectivity index (χ1v) is 6.91. The second-order valence-electron chi connectivity index (χ2n) is 5.18. The summed E-state index contributed by atoms with van der Waals surface area (Å²) in [7, 11) is 0. The van der Waals surface area contributed by atoms with E-state index < -0.39 is 0 Å². The molecule has 1 N–H and O–H groups in total. The fourth-order valence-corrected chi connectivity index (χ4v) is 2.44. The summed E-state index contributed by atoms with van der Waals surface area (Å²) in [5.41, 5.74) is 6.52. The summed E-state index contributed by atoms with van der Waals surface area (Å²) in [6.07, 6.45) is 0. The van der Waals surface area contributed by atoms with E-state index in [0.717, 1.165) is 24.6 Å². The molecule has 2 rings (SSSR count). The van der Waals surface area contributed by atoms with Gasteiger partial charge in [0.25, 0.3) is 0 Å². The number of hydrogen-bond acceptors (Lipinski definition) is 2. The molecular formula is C17H23NO. The van der Waals surface area contributed by atoms with Crippen molar-refractivity contribution >= 4 is 0 Å². The summed E-state index contributed by atoms with van der Waals surface area (Å²) in [6.45, 7) is 12.5. The Hall–Kier alpha value is -1.54. The van der Waals surface area contributed by atoms with Gasteiger partial charge in [0.2, 0.25) is 0 Å². The van der Waals surface area contributed by atoms with E-state index in [2.05, 4.69) is 58.1 Å². The van der Waals surface area contributed by atoms with Gasteiger partial charge in [0, 0.05) is 5.56 Å². The van der Waals surface area contributed by atoms with Crippen LogP contribution in [0, 0.1) is 27.7 Å². The number of rotatable bonds is 4. The molecule has 2 nitrogen and oxygen atoms in total. The monoisotopic (exact) mass is 257 g/mol. The van der Waals surface area contributed by atoms with Gasteiger partial charge in [-0.05, 0) is 68.6 Å². The van der Waals surface area contributed by atoms with Crippen LogP contribution in [0.5, 0.6) is 0 Å². The minimum absolute atomic E-state index is 0.791. The maximum Gasteiger partial charge on any atom is 0.134 e. The van der Waals surface area contributed by atoms with Gasteiger partial charge < -0.3 is 9.73 Å². The van der Waals surface area contributed by atoms with Crippen LogP contribution in [0.4, 0.5) is 0 Å². The highest BCUT2D eigenvalue weighted by molar-refractivity contribution is 5.69. The molecule has 2 heteroatoms. The highest BCUT2D eigenvalue weighted by Gasteiger charge is 2.13. The third-order valence-electron chi connectivity index (χ3n) is 3.82. The van der Waals surface area contributed by atoms with Crippen molar-refractivity contribution in [3.63, 3.8) is 0 Å². The molecule has 102 valence electrons. The van der Waals surface area contributed by atoms with Gasteiger partial charge in [0.15, 0.2) is 0 Å². The molecule has 0 aliphatic rings. The zero-order chi connectivity index (χ0) is 14.0. The molecule has 1 aromatic carbocycles. The van der Waals surface area contributed by atoms with E-state index in [1.807, 2.05) is 0 Å². The number of aryl methyl sites for hydroxylation is 2. The van der Waals surface area contributed by atoms with Crippen LogP contribution in [0.1, 0.15) is 34.9 Å². The highest BCUT2D eigenvalue weighted by atomic mass is 16.3. The Kier molecular flexibility index (Phi) is 4.11. The first kappa shape index (κ1) is 13.9. The smallest absolute Gasteiger partial charge is 0.134 e. The van der Waals surface area contributed by atoms with E-state index in [-0.39, 0.29) is 0 Å². The van der Waals surface area contributed by atoms with Crippen molar-refractivity contribution < 1.29 is 4.42 Å². The largest absolute Gasteiger partial charge is 0.460 e. The Morgan fingerprint density at radius 2 is 1.63 bits per heavy atom. The molecule has 0 radical (unpaired) electrons. The van der Waals surface area contributed by atoms with Gasteiger partial charge in [0.1, 0.15) is 11.5 Å². The molecule has 0 saturated carbocycles. The number of benzene rings is 1. The Morgan fingerprint density at radius 1 is 1.00 bits per heavy atom. The normalized spacial score (nSPS) is 11.0. The summed E-state index contributed by atoms with van der Waals surface area (Å²) >= 11 is 0. The molecule has 0 fully saturated rings. The molecule has 0 amide bonds. The highest BCUT2D eigenvalue weighted by Crippen LogP contribution is 2.32. The van der Waals surface area contributed by atoms with Gasteiger partial charge in [-0.25, -0.2) is 0 Å². The predicted octanol–water partition coefficient (Wildman–Crippen LogP) is 4.29. The molecule has 0 aliphatic carbocycles. The summed E-state index contributed by atoms with van der Waals surface area (Å²) in [5, 5.41) is 3.29. The van der Waals surface area contributed by atoms with Crippen LogP contribution in [0.15, 0.2) is 22.6 Å². The Balaban J connectivity index is 2.44. The van der Waals surface area contributed by atoms with Crippen molar-refractivity contribution in [2.24, 2.45) is 0 Å². The third kappa shape index (κ3) is 2.74. The quantitative estimate of drug-likeness (QED) is 0.884. The van der Waals surface area contributed by atoms with Crippen molar-refractivity contribution in [1.82, 2.24) is 5.32 Å². The van der Waals surface area contributed by atoms with Crippen LogP contribution in [-0.4, -0.2) is 6.54 Å². The first-order chi connectivity index (χ1) is 9.04. The van der Waals surface area contributed by atoms with E-state index in [1.54, 1.807) is 0 Å². The first-order valence-electron chi connectivity index (χ1n) is 6.91. The molecule has 0 atom stereocenters. The van der Waals surface area contributed by atoms with E-state index in [1.165, 1.54) is 27.8 Å². The average molecular weight is 257 g/mol. The lowest BCUT2D eigenvalue weighted by Crippen LogP contribution is -2.10. The van der Waals surface area contributed by atoms with Crippen molar-refractivity contribution in [3.05, 3.63) is 46.2 Å². The summed E-state index contributed by atoms with van der Waals surface area (Å²) in [4.78, 5) is 0. The summed E-state index contributed by atoms with van der Waals surface area (Å²) in [6, 6.07) is 6.39. The van der Waals surface area contributed by atoms with Crippen LogP contribution in [0.25, 0.3) is 11.3 Å². The zero-order valence-corrected chi connectivity index (χ0v) is 12.6. The Bertz CT molecular complexity index is 555. The minimum atomic E-state index is 0.791. The van der Waals surface area contributed by atoms with Gasteiger partial charge >= 0.3 is 0 Å². The van der Waals surface area contributed by atoms with Gasteiger partial charge in [-0.3, -0.25) is 0 Å². The maximum absolute atomic E-state index is 5.98. The Labute approximate surface area is 115 Å². The average Bonchev–Trinajstić information content (AvgIpc) is 2.83. The number of nitrogens with one attached hydrogen (secondary N) is 1. The SMILES string of the molecule is CCNCc1ccc(-c2c(C)c(C)cc(C)c2C)o1. The zero-order valence-electron chi connectivity index (χ0n) is 12.6. The number of furan rings is 1. The minimum Gasteiger partial charge on any atom is -0.460 e. The van der Waals surface area contributed by atoms with Crippen molar-refractivity contribution in [2.45, 2.75) is 41.2 Å². The third-order valence-corrected chi connectivity index (χ3v) is 3.82. The lowest BCUT2D eigenvalue weighted by Gasteiger charge is -2.13. The molecule has 19 heavy (non-hydrogen) atoms. The molecule has 0 aliphatic heterocycles. The van der Waals surface area contributed by atoms with Crippen LogP contribution in [0.3, 0.4) is 0 Å². The standard InChI is InChI=1S/C17H23NO/c1-6-18-10-15-7-8-16(19-15)17-13(4)11(2)9-12(3)14(17)5/h7-9,18H,6,10H2,1-5H3. The Morgan fingerprint density at radius 3 is 2.21 bits per heavy atom. The van der Waals surface area contributed by atoms with Crippen LogP contribution in [-0.2, 0) is 6.54 Å². The maximum atomic E-state index is 5.98.